The molecule has 2 nitrogen and oxygen atoms in total. The van der Waals surface area contributed by atoms with Gasteiger partial charge in [0, 0.05) is 7.05 Å². The highest BCUT2D eigenvalue weighted by Gasteiger charge is 2.23. The van der Waals surface area contributed by atoms with Crippen LogP contribution in [0.15, 0.2) is 46.1 Å². The predicted molar refractivity (Wildman–Crippen MR) is 77.7 cm³/mol. The summed E-state index contributed by atoms with van der Waals surface area (Å²) in [5.74, 6) is 1.08. The Kier molecular flexibility index (Phi) is 2.92. The van der Waals surface area contributed by atoms with Crippen molar-refractivity contribution in [1.82, 2.24) is 4.90 Å². The normalized spacial score (nSPS) is 19.1. The summed E-state index contributed by atoms with van der Waals surface area (Å²) >= 11 is 1.76. The number of nitrogens with zero attached hydrogens (tertiary/aromatic N) is 2. The van der Waals surface area contributed by atoms with E-state index >= 15 is 0 Å². The van der Waals surface area contributed by atoms with Crippen LogP contribution in [-0.4, -0.2) is 17.8 Å². The van der Waals surface area contributed by atoms with Crippen molar-refractivity contribution in [3.05, 3.63) is 52.2 Å². The molecule has 1 aromatic heterocycles. The fourth-order valence-electron chi connectivity index (χ4n) is 2.42. The maximum absolute atomic E-state index is 4.73. The lowest BCUT2D eigenvalue weighted by molar-refractivity contribution is 0.375. The van der Waals surface area contributed by atoms with E-state index in [1.807, 2.05) is 0 Å². The van der Waals surface area contributed by atoms with Gasteiger partial charge in [0.15, 0.2) is 0 Å². The van der Waals surface area contributed by atoms with Crippen molar-refractivity contribution >= 4 is 22.9 Å². The van der Waals surface area contributed by atoms with Crippen LogP contribution in [0.25, 0.3) is 0 Å². The summed E-state index contributed by atoms with van der Waals surface area (Å²) in [6.45, 7) is 2.08. The highest BCUT2D eigenvalue weighted by atomic mass is 32.1. The molecule has 3 rings (SSSR count). The van der Waals surface area contributed by atoms with E-state index in [0.29, 0.717) is 6.04 Å². The Labute approximate surface area is 112 Å². The third-order valence-corrected chi connectivity index (χ3v) is 4.29. The first kappa shape index (κ1) is 11.5. The fourth-order valence-corrected chi connectivity index (χ4v) is 3.13. The summed E-state index contributed by atoms with van der Waals surface area (Å²) in [6, 6.07) is 11.0. The minimum atomic E-state index is 0.392. The number of amidine groups is 1. The van der Waals surface area contributed by atoms with Crippen LogP contribution in [0.3, 0.4) is 0 Å². The van der Waals surface area contributed by atoms with Gasteiger partial charge in [-0.15, -0.1) is 0 Å². The van der Waals surface area contributed by atoms with Crippen LogP contribution in [0.2, 0.25) is 0 Å². The molecular formula is C15H16N2S. The second-order valence-corrected chi connectivity index (χ2v) is 5.46. The maximum Gasteiger partial charge on any atom is 0.102 e. The molecule has 1 unspecified atom stereocenters. The molecule has 1 atom stereocenters. The minimum absolute atomic E-state index is 0.392. The van der Waals surface area contributed by atoms with Gasteiger partial charge in [-0.05, 0) is 47.4 Å². The molecule has 3 heteroatoms. The zero-order chi connectivity index (χ0) is 12.5. The van der Waals surface area contributed by atoms with E-state index in [4.69, 9.17) is 4.99 Å². The molecule has 0 amide bonds. The Morgan fingerprint density at radius 2 is 2.11 bits per heavy atom. The van der Waals surface area contributed by atoms with Gasteiger partial charge in [-0.3, -0.25) is 0 Å². The van der Waals surface area contributed by atoms with E-state index in [0.717, 1.165) is 17.9 Å². The van der Waals surface area contributed by atoms with Gasteiger partial charge in [0.25, 0.3) is 0 Å². The third kappa shape index (κ3) is 1.95. The number of hydrogen-bond donors (Lipinski definition) is 0. The third-order valence-electron chi connectivity index (χ3n) is 3.59. The zero-order valence-electron chi connectivity index (χ0n) is 10.6. The van der Waals surface area contributed by atoms with Crippen molar-refractivity contribution in [2.24, 2.45) is 4.99 Å². The van der Waals surface area contributed by atoms with Gasteiger partial charge in [0.05, 0.1) is 11.7 Å². The number of hydrogen-bond acceptors (Lipinski definition) is 3. The molecular weight excluding hydrogens is 240 g/mol. The van der Waals surface area contributed by atoms with Crippen LogP contribution in [0.4, 0.5) is 5.69 Å². The molecule has 0 aliphatic carbocycles. The van der Waals surface area contributed by atoms with Gasteiger partial charge >= 0.3 is 0 Å². The van der Waals surface area contributed by atoms with E-state index in [1.165, 1.54) is 11.1 Å². The second kappa shape index (κ2) is 4.58. The van der Waals surface area contributed by atoms with Gasteiger partial charge in [0.1, 0.15) is 5.84 Å². The largest absolute Gasteiger partial charge is 0.356 e. The van der Waals surface area contributed by atoms with Crippen molar-refractivity contribution in [1.29, 1.82) is 0 Å². The molecule has 1 aliphatic heterocycles. The van der Waals surface area contributed by atoms with E-state index < -0.39 is 0 Å². The Bertz CT molecular complexity index is 572. The highest BCUT2D eigenvalue weighted by molar-refractivity contribution is 7.07. The van der Waals surface area contributed by atoms with E-state index in [2.05, 4.69) is 60.0 Å². The summed E-state index contributed by atoms with van der Waals surface area (Å²) in [5.41, 5.74) is 3.82. The molecule has 1 aliphatic rings. The molecule has 0 saturated carbocycles. The number of thiophene rings is 1. The number of rotatable bonds is 1. The van der Waals surface area contributed by atoms with Gasteiger partial charge in [0.2, 0.25) is 0 Å². The van der Waals surface area contributed by atoms with Gasteiger partial charge in [-0.25, -0.2) is 4.99 Å². The van der Waals surface area contributed by atoms with Crippen molar-refractivity contribution in [2.75, 3.05) is 7.05 Å². The maximum atomic E-state index is 4.73. The lowest BCUT2D eigenvalue weighted by Crippen LogP contribution is -2.29. The number of para-hydroxylation sites is 1. The standard InChI is InChI=1S/C15H16N2S/c1-11-16-14-6-4-3-5-12(14)9-15(17(11)2)13-7-8-18-10-13/h3-8,10,15H,9H2,1-2H3. The Morgan fingerprint density at radius 3 is 2.89 bits per heavy atom. The molecule has 18 heavy (non-hydrogen) atoms. The minimum Gasteiger partial charge on any atom is -0.356 e. The van der Waals surface area contributed by atoms with Crippen LogP contribution in [0.1, 0.15) is 24.1 Å². The summed E-state index contributed by atoms with van der Waals surface area (Å²) in [5, 5.41) is 4.38. The lowest BCUT2D eigenvalue weighted by atomic mass is 9.99. The smallest absolute Gasteiger partial charge is 0.102 e. The average molecular weight is 256 g/mol. The molecule has 0 fully saturated rings. The molecule has 2 heterocycles. The summed E-state index contributed by atoms with van der Waals surface area (Å²) in [4.78, 5) is 7.01. The first-order valence-corrected chi connectivity index (χ1v) is 7.08. The number of benzene rings is 1. The van der Waals surface area contributed by atoms with Gasteiger partial charge < -0.3 is 4.90 Å². The summed E-state index contributed by atoms with van der Waals surface area (Å²) < 4.78 is 0. The molecule has 0 radical (unpaired) electrons. The van der Waals surface area contributed by atoms with Crippen molar-refractivity contribution < 1.29 is 0 Å². The quantitative estimate of drug-likeness (QED) is 0.752. The monoisotopic (exact) mass is 256 g/mol. The van der Waals surface area contributed by atoms with Crippen molar-refractivity contribution in [3.8, 4) is 0 Å². The van der Waals surface area contributed by atoms with E-state index in [9.17, 15) is 0 Å². The number of aliphatic imine (C=N–C) groups is 1. The molecule has 0 saturated heterocycles. The number of fused-ring (bicyclic) bond motifs is 1. The summed E-state index contributed by atoms with van der Waals surface area (Å²) in [6.07, 6.45) is 1.02. The fraction of sp³-hybridized carbons (Fsp3) is 0.267. The lowest BCUT2D eigenvalue weighted by Gasteiger charge is -2.27. The van der Waals surface area contributed by atoms with Crippen LogP contribution in [0, 0.1) is 0 Å². The number of likely N-dealkylation sites (N-methyl/N-ethyl adjacent to an activating group) is 1. The molecule has 1 aromatic carbocycles. The molecule has 92 valence electrons. The first-order chi connectivity index (χ1) is 8.75. The summed E-state index contributed by atoms with van der Waals surface area (Å²) in [7, 11) is 2.13. The predicted octanol–water partition coefficient (Wildman–Crippen LogP) is 4.03. The zero-order valence-corrected chi connectivity index (χ0v) is 11.4. The highest BCUT2D eigenvalue weighted by Crippen LogP contribution is 2.33. The van der Waals surface area contributed by atoms with Crippen LogP contribution in [-0.2, 0) is 6.42 Å². The second-order valence-electron chi connectivity index (χ2n) is 4.68. The van der Waals surface area contributed by atoms with Crippen LogP contribution < -0.4 is 0 Å². The molecule has 0 bridgehead atoms. The van der Waals surface area contributed by atoms with E-state index in [-0.39, 0.29) is 0 Å². The van der Waals surface area contributed by atoms with Gasteiger partial charge in [-0.2, -0.15) is 11.3 Å². The van der Waals surface area contributed by atoms with Crippen molar-refractivity contribution in [3.63, 3.8) is 0 Å². The average Bonchev–Trinajstić information content (AvgIpc) is 2.86. The Hall–Kier alpha value is -1.61. The SMILES string of the molecule is CC1=Nc2ccccc2CC(c2ccsc2)N1C. The van der Waals surface area contributed by atoms with Gasteiger partial charge in [-0.1, -0.05) is 18.2 Å². The molecule has 0 N–H and O–H groups in total. The Morgan fingerprint density at radius 1 is 1.28 bits per heavy atom. The van der Waals surface area contributed by atoms with E-state index in [1.54, 1.807) is 11.3 Å². The Balaban J connectivity index is 2.07. The topological polar surface area (TPSA) is 15.6 Å². The van der Waals surface area contributed by atoms with Crippen molar-refractivity contribution in [2.45, 2.75) is 19.4 Å². The molecule has 0 spiro atoms. The first-order valence-electron chi connectivity index (χ1n) is 6.14. The van der Waals surface area contributed by atoms with Crippen LogP contribution in [0.5, 0.6) is 0 Å². The van der Waals surface area contributed by atoms with Crippen LogP contribution >= 0.6 is 11.3 Å². The molecule has 2 aromatic rings.